The topological polar surface area (TPSA) is 93.8 Å². The highest BCUT2D eigenvalue weighted by Crippen LogP contribution is 2.26. The van der Waals surface area contributed by atoms with Crippen molar-refractivity contribution in [1.82, 2.24) is 4.98 Å². The van der Waals surface area contributed by atoms with Crippen molar-refractivity contribution in [2.24, 2.45) is 4.99 Å². The van der Waals surface area contributed by atoms with Gasteiger partial charge in [-0.3, -0.25) is 14.6 Å². The monoisotopic (exact) mass is 505 g/mol. The molecular weight excluding hydrogens is 478 g/mol. The quantitative estimate of drug-likeness (QED) is 0.277. The first kappa shape index (κ1) is 24.9. The van der Waals surface area contributed by atoms with Crippen molar-refractivity contribution in [3.63, 3.8) is 0 Å². The van der Waals surface area contributed by atoms with Gasteiger partial charge >= 0.3 is 5.97 Å². The van der Waals surface area contributed by atoms with Crippen molar-refractivity contribution in [2.75, 3.05) is 5.32 Å². The van der Waals surface area contributed by atoms with Crippen LogP contribution in [0.2, 0.25) is 0 Å². The maximum absolute atomic E-state index is 13.8. The third-order valence-corrected chi connectivity index (χ3v) is 6.49. The van der Waals surface area contributed by atoms with Gasteiger partial charge in [-0.25, -0.2) is 4.99 Å². The highest BCUT2D eigenvalue weighted by Gasteiger charge is 2.18. The first-order chi connectivity index (χ1) is 18.3. The molecule has 2 heterocycles. The van der Waals surface area contributed by atoms with Crippen LogP contribution in [0.3, 0.4) is 0 Å². The first-order valence-electron chi connectivity index (χ1n) is 12.3. The van der Waals surface area contributed by atoms with Crippen LogP contribution >= 0.6 is 0 Å². The number of pyridine rings is 1. The maximum Gasteiger partial charge on any atom is 0.302 e. The smallest absolute Gasteiger partial charge is 0.302 e. The Morgan fingerprint density at radius 2 is 1.74 bits per heavy atom. The number of fused-ring (bicyclic) bond motifs is 2. The number of carbonyl (C=O) groups is 2. The molecule has 1 amide bonds. The Labute approximate surface area is 219 Å². The Hall–Kier alpha value is -4.78. The predicted molar refractivity (Wildman–Crippen MR) is 147 cm³/mol. The number of hydrogen-bond donors (Lipinski definition) is 1. The number of benzene rings is 3. The molecule has 0 spiro atoms. The minimum absolute atomic E-state index is 0.00661. The van der Waals surface area contributed by atoms with Gasteiger partial charge in [0.05, 0.1) is 11.4 Å². The second-order valence-corrected chi connectivity index (χ2v) is 9.22. The van der Waals surface area contributed by atoms with E-state index >= 15 is 0 Å². The molecule has 5 rings (SSSR count). The molecule has 3 aromatic carbocycles. The lowest BCUT2D eigenvalue weighted by Crippen LogP contribution is -2.22. The molecule has 2 aromatic heterocycles. The van der Waals surface area contributed by atoms with Gasteiger partial charge in [0.1, 0.15) is 12.2 Å². The van der Waals surface area contributed by atoms with E-state index in [1.807, 2.05) is 81.4 Å². The second-order valence-electron chi connectivity index (χ2n) is 9.22. The number of aromatic nitrogens is 1. The SMILES string of the molecule is CC(=O)OCc1cnc(C)c2oc(=Nc3ccc(C)c(C)c3)c(C(=O)Nc3cccc4ccccc34)cc12. The van der Waals surface area contributed by atoms with E-state index in [9.17, 15) is 9.59 Å². The van der Waals surface area contributed by atoms with Gasteiger partial charge in [-0.1, -0.05) is 42.5 Å². The molecule has 0 aliphatic rings. The molecule has 0 unspecified atom stereocenters. The van der Waals surface area contributed by atoms with Gasteiger partial charge in [0.25, 0.3) is 5.91 Å². The van der Waals surface area contributed by atoms with Gasteiger partial charge in [0, 0.05) is 35.1 Å². The summed E-state index contributed by atoms with van der Waals surface area (Å²) in [5.41, 5.74) is 5.70. The molecule has 0 radical (unpaired) electrons. The molecule has 1 N–H and O–H groups in total. The molecular formula is C31H27N3O4. The molecule has 38 heavy (non-hydrogen) atoms. The molecule has 0 aliphatic heterocycles. The van der Waals surface area contributed by atoms with Crippen LogP contribution in [0.15, 0.2) is 82.3 Å². The maximum atomic E-state index is 13.8. The van der Waals surface area contributed by atoms with Gasteiger partial charge < -0.3 is 14.5 Å². The Morgan fingerprint density at radius 3 is 2.53 bits per heavy atom. The van der Waals surface area contributed by atoms with Crippen LogP contribution in [0.25, 0.3) is 21.7 Å². The number of esters is 1. The lowest BCUT2D eigenvalue weighted by molar-refractivity contribution is -0.142. The van der Waals surface area contributed by atoms with Crippen LogP contribution in [0.4, 0.5) is 11.4 Å². The van der Waals surface area contributed by atoms with Gasteiger partial charge in [0.2, 0.25) is 5.55 Å². The molecule has 5 aromatic rings. The normalized spacial score (nSPS) is 11.6. The number of carbonyl (C=O) groups excluding carboxylic acids is 2. The summed E-state index contributed by atoms with van der Waals surface area (Å²) in [7, 11) is 0. The van der Waals surface area contributed by atoms with E-state index in [4.69, 9.17) is 14.1 Å². The van der Waals surface area contributed by atoms with Crippen molar-refractivity contribution in [2.45, 2.75) is 34.3 Å². The third-order valence-electron chi connectivity index (χ3n) is 6.49. The summed E-state index contributed by atoms with van der Waals surface area (Å²) in [6.07, 6.45) is 1.63. The average Bonchev–Trinajstić information content (AvgIpc) is 2.90. The number of rotatable bonds is 5. The molecule has 7 heteroatoms. The number of amides is 1. The van der Waals surface area contributed by atoms with E-state index in [0.29, 0.717) is 33.6 Å². The van der Waals surface area contributed by atoms with Crippen LogP contribution in [0, 0.1) is 20.8 Å². The Morgan fingerprint density at radius 1 is 0.947 bits per heavy atom. The third kappa shape index (κ3) is 5.04. The Balaban J connectivity index is 1.70. The molecule has 0 saturated carbocycles. The fraction of sp³-hybridized carbons (Fsp3) is 0.161. The lowest BCUT2D eigenvalue weighted by atomic mass is 10.1. The van der Waals surface area contributed by atoms with Crippen LogP contribution in [-0.4, -0.2) is 16.9 Å². The number of ether oxygens (including phenoxy) is 1. The second kappa shape index (κ2) is 10.3. The van der Waals surface area contributed by atoms with Crippen molar-refractivity contribution in [3.8, 4) is 0 Å². The highest BCUT2D eigenvalue weighted by atomic mass is 16.5. The minimum Gasteiger partial charge on any atom is -0.461 e. The molecule has 0 fully saturated rings. The van der Waals surface area contributed by atoms with Crippen LogP contribution in [0.1, 0.15) is 39.7 Å². The summed E-state index contributed by atoms with van der Waals surface area (Å²) in [5.74, 6) is -0.784. The van der Waals surface area contributed by atoms with Gasteiger partial charge in [-0.2, -0.15) is 0 Å². The molecule has 190 valence electrons. The van der Waals surface area contributed by atoms with E-state index in [2.05, 4.69) is 10.3 Å². The number of anilines is 1. The zero-order chi connectivity index (χ0) is 26.8. The summed E-state index contributed by atoms with van der Waals surface area (Å²) in [5, 5.41) is 5.60. The van der Waals surface area contributed by atoms with Gasteiger partial charge in [-0.05, 0) is 61.5 Å². The summed E-state index contributed by atoms with van der Waals surface area (Å²) in [6.45, 7) is 7.21. The molecule has 0 aliphatic carbocycles. The van der Waals surface area contributed by atoms with Crippen molar-refractivity contribution >= 4 is 45.0 Å². The number of nitrogens with one attached hydrogen (secondary N) is 1. The zero-order valence-electron chi connectivity index (χ0n) is 21.7. The van der Waals surface area contributed by atoms with Crippen molar-refractivity contribution in [1.29, 1.82) is 0 Å². The molecule has 7 nitrogen and oxygen atoms in total. The van der Waals surface area contributed by atoms with Crippen molar-refractivity contribution in [3.05, 3.63) is 106 Å². The number of hydrogen-bond acceptors (Lipinski definition) is 6. The standard InChI is InChI=1S/C31H27N3O4/c1-18-12-13-24(14-19(18)2)33-31-27(30(36)34-28-11-7-9-22-8-5-6-10-25(22)28)15-26-23(17-37-21(4)35)16-32-20(3)29(26)38-31/h5-16H,17H2,1-4H3,(H,34,36). The summed E-state index contributed by atoms with van der Waals surface area (Å²) >= 11 is 0. The van der Waals surface area contributed by atoms with E-state index in [1.54, 1.807) is 12.3 Å². The zero-order valence-corrected chi connectivity index (χ0v) is 21.7. The summed E-state index contributed by atoms with van der Waals surface area (Å²) in [6, 6.07) is 21.1. The van der Waals surface area contributed by atoms with Gasteiger partial charge in [-0.15, -0.1) is 0 Å². The Kier molecular flexibility index (Phi) is 6.75. The van der Waals surface area contributed by atoms with Gasteiger partial charge in [0.15, 0.2) is 5.58 Å². The van der Waals surface area contributed by atoms with E-state index < -0.39 is 5.97 Å². The lowest BCUT2D eigenvalue weighted by Gasteiger charge is -2.12. The first-order valence-corrected chi connectivity index (χ1v) is 12.3. The van der Waals surface area contributed by atoms with Crippen molar-refractivity contribution < 1.29 is 18.7 Å². The summed E-state index contributed by atoms with van der Waals surface area (Å²) < 4.78 is 11.5. The minimum atomic E-state index is -0.411. The number of nitrogens with zero attached hydrogens (tertiary/aromatic N) is 2. The van der Waals surface area contributed by atoms with Crippen LogP contribution in [-0.2, 0) is 16.1 Å². The molecule has 0 saturated heterocycles. The molecule has 0 atom stereocenters. The van der Waals surface area contributed by atoms with E-state index in [-0.39, 0.29) is 23.6 Å². The summed E-state index contributed by atoms with van der Waals surface area (Å²) in [4.78, 5) is 34.4. The largest absolute Gasteiger partial charge is 0.461 e. The fourth-order valence-corrected chi connectivity index (χ4v) is 4.27. The Bertz CT molecular complexity index is 1780. The van der Waals surface area contributed by atoms with E-state index in [1.165, 1.54) is 6.92 Å². The van der Waals surface area contributed by atoms with E-state index in [0.717, 1.165) is 21.9 Å². The highest BCUT2D eigenvalue weighted by molar-refractivity contribution is 6.10. The average molecular weight is 506 g/mol. The predicted octanol–water partition coefficient (Wildman–Crippen LogP) is 6.45. The van der Waals surface area contributed by atoms with Crippen LogP contribution < -0.4 is 10.9 Å². The number of aryl methyl sites for hydroxylation is 3. The fourth-order valence-electron chi connectivity index (χ4n) is 4.27. The molecule has 0 bridgehead atoms. The van der Waals surface area contributed by atoms with Crippen LogP contribution in [0.5, 0.6) is 0 Å².